The predicted octanol–water partition coefficient (Wildman–Crippen LogP) is 2.93. The van der Waals surface area contributed by atoms with Crippen molar-refractivity contribution in [2.45, 2.75) is 31.6 Å². The fourth-order valence-corrected chi connectivity index (χ4v) is 3.41. The molecule has 1 aromatic rings. The van der Waals surface area contributed by atoms with Crippen LogP contribution in [-0.4, -0.2) is 29.6 Å². The van der Waals surface area contributed by atoms with Crippen LogP contribution in [0.5, 0.6) is 0 Å². The highest BCUT2D eigenvalue weighted by molar-refractivity contribution is 8.00. The van der Waals surface area contributed by atoms with Gasteiger partial charge in [0, 0.05) is 23.7 Å². The number of thioether (sulfide) groups is 1. The lowest BCUT2D eigenvalue weighted by Gasteiger charge is -2.30. The van der Waals surface area contributed by atoms with Crippen molar-refractivity contribution in [3.63, 3.8) is 0 Å². The molecule has 3 nitrogen and oxygen atoms in total. The molecule has 1 amide bonds. The van der Waals surface area contributed by atoms with Gasteiger partial charge in [-0.25, -0.2) is 0 Å². The van der Waals surface area contributed by atoms with Crippen LogP contribution in [0.15, 0.2) is 23.1 Å². The van der Waals surface area contributed by atoms with E-state index in [0.717, 1.165) is 35.7 Å². The molecule has 19 heavy (non-hydrogen) atoms. The average molecular weight is 278 g/mol. The van der Waals surface area contributed by atoms with Crippen molar-refractivity contribution in [1.29, 1.82) is 0 Å². The van der Waals surface area contributed by atoms with Crippen LogP contribution < -0.4 is 5.73 Å². The number of hydrogen-bond donors (Lipinski definition) is 1. The minimum Gasteiger partial charge on any atom is -0.398 e. The molecular formula is C15H22N2OS. The number of rotatable bonds is 3. The normalized spacial score (nSPS) is 19.5. The average Bonchev–Trinajstić information content (AvgIpc) is 2.40. The number of nitrogens with zero attached hydrogens (tertiary/aromatic N) is 1. The van der Waals surface area contributed by atoms with Gasteiger partial charge in [0.1, 0.15) is 0 Å². The van der Waals surface area contributed by atoms with E-state index >= 15 is 0 Å². The molecule has 1 atom stereocenters. The van der Waals surface area contributed by atoms with Crippen LogP contribution in [0.2, 0.25) is 0 Å². The maximum absolute atomic E-state index is 12.2. The minimum absolute atomic E-state index is 0.248. The zero-order valence-electron chi connectivity index (χ0n) is 11.7. The zero-order valence-corrected chi connectivity index (χ0v) is 12.5. The van der Waals surface area contributed by atoms with Gasteiger partial charge in [0.2, 0.25) is 5.91 Å². The SMILES string of the molecule is Cc1c(N)cccc1SCC(=O)N1CCCC(C)C1. The largest absolute Gasteiger partial charge is 0.398 e. The second kappa shape index (κ2) is 6.33. The van der Waals surface area contributed by atoms with Gasteiger partial charge in [-0.1, -0.05) is 13.0 Å². The van der Waals surface area contributed by atoms with Crippen molar-refractivity contribution in [3.05, 3.63) is 23.8 Å². The third-order valence-electron chi connectivity index (χ3n) is 3.69. The summed E-state index contributed by atoms with van der Waals surface area (Å²) >= 11 is 1.59. The molecule has 0 radical (unpaired) electrons. The first-order valence-corrected chi connectivity index (χ1v) is 7.82. The Hall–Kier alpha value is -1.16. The fourth-order valence-electron chi connectivity index (χ4n) is 2.43. The highest BCUT2D eigenvalue weighted by Crippen LogP contribution is 2.26. The number of hydrogen-bond acceptors (Lipinski definition) is 3. The van der Waals surface area contributed by atoms with E-state index in [2.05, 4.69) is 6.92 Å². The zero-order chi connectivity index (χ0) is 13.8. The van der Waals surface area contributed by atoms with E-state index in [1.807, 2.05) is 30.0 Å². The van der Waals surface area contributed by atoms with Crippen molar-refractivity contribution in [1.82, 2.24) is 4.90 Å². The smallest absolute Gasteiger partial charge is 0.232 e. The summed E-state index contributed by atoms with van der Waals surface area (Å²) in [4.78, 5) is 15.3. The molecule has 1 aliphatic rings. The van der Waals surface area contributed by atoms with Gasteiger partial charge >= 0.3 is 0 Å². The van der Waals surface area contributed by atoms with Crippen LogP contribution in [0, 0.1) is 12.8 Å². The first kappa shape index (κ1) is 14.3. The Morgan fingerprint density at radius 1 is 1.53 bits per heavy atom. The maximum atomic E-state index is 12.2. The first-order chi connectivity index (χ1) is 9.08. The van der Waals surface area contributed by atoms with Crippen molar-refractivity contribution < 1.29 is 4.79 Å². The summed E-state index contributed by atoms with van der Waals surface area (Å²) in [6.45, 7) is 6.05. The molecular weight excluding hydrogens is 256 g/mol. The number of piperidine rings is 1. The number of anilines is 1. The van der Waals surface area contributed by atoms with Gasteiger partial charge in [-0.2, -0.15) is 0 Å². The number of carbonyl (C=O) groups is 1. The van der Waals surface area contributed by atoms with Crippen molar-refractivity contribution in [2.24, 2.45) is 5.92 Å². The van der Waals surface area contributed by atoms with Crippen molar-refractivity contribution in [3.8, 4) is 0 Å². The molecule has 2 N–H and O–H groups in total. The quantitative estimate of drug-likeness (QED) is 0.683. The number of likely N-dealkylation sites (tertiary alicyclic amines) is 1. The number of nitrogens with two attached hydrogens (primary N) is 1. The number of carbonyl (C=O) groups excluding carboxylic acids is 1. The van der Waals surface area contributed by atoms with Gasteiger partial charge in [-0.3, -0.25) is 4.79 Å². The topological polar surface area (TPSA) is 46.3 Å². The van der Waals surface area contributed by atoms with Crippen molar-refractivity contribution in [2.75, 3.05) is 24.6 Å². The molecule has 0 saturated carbocycles. The Balaban J connectivity index is 1.91. The molecule has 0 aromatic heterocycles. The molecule has 0 aliphatic carbocycles. The van der Waals surface area contributed by atoms with Gasteiger partial charge in [-0.05, 0) is 43.4 Å². The molecule has 0 bridgehead atoms. The fraction of sp³-hybridized carbons (Fsp3) is 0.533. The summed E-state index contributed by atoms with van der Waals surface area (Å²) in [5.41, 5.74) is 7.75. The molecule has 1 aliphatic heterocycles. The lowest BCUT2D eigenvalue weighted by Crippen LogP contribution is -2.40. The van der Waals surface area contributed by atoms with Crippen LogP contribution in [0.3, 0.4) is 0 Å². The van der Waals surface area contributed by atoms with Crippen LogP contribution in [0.25, 0.3) is 0 Å². The second-order valence-corrected chi connectivity index (χ2v) is 6.36. The second-order valence-electron chi connectivity index (χ2n) is 5.35. The molecule has 1 heterocycles. The Labute approximate surface area is 119 Å². The van der Waals surface area contributed by atoms with Crippen LogP contribution in [0.4, 0.5) is 5.69 Å². The molecule has 1 saturated heterocycles. The van der Waals surface area contributed by atoms with Gasteiger partial charge in [-0.15, -0.1) is 11.8 Å². The summed E-state index contributed by atoms with van der Waals surface area (Å²) < 4.78 is 0. The van der Waals surface area contributed by atoms with E-state index in [9.17, 15) is 4.79 Å². The van der Waals surface area contributed by atoms with Gasteiger partial charge in [0.15, 0.2) is 0 Å². The number of benzene rings is 1. The van der Waals surface area contributed by atoms with Gasteiger partial charge in [0.05, 0.1) is 5.75 Å². The Morgan fingerprint density at radius 2 is 2.32 bits per heavy atom. The van der Waals surface area contributed by atoms with Crippen LogP contribution >= 0.6 is 11.8 Å². The third kappa shape index (κ3) is 3.66. The van der Waals surface area contributed by atoms with E-state index in [1.165, 1.54) is 6.42 Å². The molecule has 104 valence electrons. The van der Waals surface area contributed by atoms with Crippen LogP contribution in [0.1, 0.15) is 25.3 Å². The summed E-state index contributed by atoms with van der Waals surface area (Å²) in [7, 11) is 0. The lowest BCUT2D eigenvalue weighted by molar-refractivity contribution is -0.130. The summed E-state index contributed by atoms with van der Waals surface area (Å²) in [5.74, 6) is 1.40. The number of nitrogen functional groups attached to an aromatic ring is 1. The lowest BCUT2D eigenvalue weighted by atomic mass is 10.0. The molecule has 1 aromatic carbocycles. The van der Waals surface area contributed by atoms with E-state index in [1.54, 1.807) is 11.8 Å². The maximum Gasteiger partial charge on any atom is 0.232 e. The van der Waals surface area contributed by atoms with Gasteiger partial charge in [0.25, 0.3) is 0 Å². The number of amides is 1. The van der Waals surface area contributed by atoms with Gasteiger partial charge < -0.3 is 10.6 Å². The standard InChI is InChI=1S/C15H22N2OS/c1-11-5-4-8-17(9-11)15(18)10-19-14-7-3-6-13(16)12(14)2/h3,6-7,11H,4-5,8-10,16H2,1-2H3. The molecule has 1 fully saturated rings. The Morgan fingerprint density at radius 3 is 3.05 bits per heavy atom. The van der Waals surface area contributed by atoms with Crippen LogP contribution in [-0.2, 0) is 4.79 Å². The van der Waals surface area contributed by atoms with E-state index in [0.29, 0.717) is 11.7 Å². The Bertz CT molecular complexity index is 461. The van der Waals surface area contributed by atoms with E-state index < -0.39 is 0 Å². The minimum atomic E-state index is 0.248. The molecule has 1 unspecified atom stereocenters. The summed E-state index contributed by atoms with van der Waals surface area (Å²) in [6, 6.07) is 5.87. The highest BCUT2D eigenvalue weighted by Gasteiger charge is 2.20. The molecule has 2 rings (SSSR count). The monoisotopic (exact) mass is 278 g/mol. The first-order valence-electron chi connectivity index (χ1n) is 6.83. The third-order valence-corrected chi connectivity index (χ3v) is 4.83. The Kier molecular flexibility index (Phi) is 4.75. The summed E-state index contributed by atoms with van der Waals surface area (Å²) in [5, 5.41) is 0. The molecule has 0 spiro atoms. The molecule has 4 heteroatoms. The van der Waals surface area contributed by atoms with Crippen molar-refractivity contribution >= 4 is 23.4 Å². The highest BCUT2D eigenvalue weighted by atomic mass is 32.2. The van der Waals surface area contributed by atoms with E-state index in [4.69, 9.17) is 5.73 Å². The summed E-state index contributed by atoms with van der Waals surface area (Å²) in [6.07, 6.45) is 2.38. The van der Waals surface area contributed by atoms with E-state index in [-0.39, 0.29) is 5.91 Å². The predicted molar refractivity (Wildman–Crippen MR) is 81.3 cm³/mol.